The number of nitrogens with zero attached hydrogens (tertiary/aromatic N) is 2. The lowest BCUT2D eigenvalue weighted by molar-refractivity contribution is -0.154. The van der Waals surface area contributed by atoms with Crippen molar-refractivity contribution in [2.24, 2.45) is 11.8 Å². The van der Waals surface area contributed by atoms with Gasteiger partial charge in [-0.05, 0) is 31.2 Å². The van der Waals surface area contributed by atoms with Crippen LogP contribution in [0.2, 0.25) is 0 Å². The molecule has 7 nitrogen and oxygen atoms in total. The molecule has 1 saturated carbocycles. The van der Waals surface area contributed by atoms with Gasteiger partial charge in [0.15, 0.2) is 6.61 Å². The average Bonchev–Trinajstić information content (AvgIpc) is 3.03. The Labute approximate surface area is 180 Å². The Morgan fingerprint density at radius 2 is 1.65 bits per heavy atom. The first-order valence-corrected chi connectivity index (χ1v) is 10.8. The molecule has 4 rings (SSSR count). The molecule has 2 unspecified atom stereocenters. The van der Waals surface area contributed by atoms with Crippen molar-refractivity contribution in [1.29, 1.82) is 0 Å². The largest absolute Gasteiger partial charge is 0.454 e. The van der Waals surface area contributed by atoms with Crippen molar-refractivity contribution < 1.29 is 23.9 Å². The minimum Gasteiger partial charge on any atom is -0.454 e. The summed E-state index contributed by atoms with van der Waals surface area (Å²) in [5.74, 6) is -2.30. The minimum atomic E-state index is -0.748. The lowest BCUT2D eigenvalue weighted by Crippen LogP contribution is -2.39. The molecule has 1 aliphatic heterocycles. The fourth-order valence-corrected chi connectivity index (χ4v) is 4.71. The van der Waals surface area contributed by atoms with Gasteiger partial charge in [0.2, 0.25) is 11.8 Å². The molecule has 0 radical (unpaired) electrons. The maximum absolute atomic E-state index is 12.8. The van der Waals surface area contributed by atoms with Crippen molar-refractivity contribution in [2.45, 2.75) is 32.6 Å². The monoisotopic (exact) mass is 422 g/mol. The second kappa shape index (κ2) is 8.88. The van der Waals surface area contributed by atoms with Gasteiger partial charge in [0.25, 0.3) is 5.91 Å². The normalized spacial score (nSPS) is 20.6. The maximum atomic E-state index is 12.8. The molecule has 7 heteroatoms. The van der Waals surface area contributed by atoms with E-state index < -0.39 is 19.1 Å². The predicted octanol–water partition coefficient (Wildman–Crippen LogP) is 2.91. The Bertz CT molecular complexity index is 1000. The predicted molar refractivity (Wildman–Crippen MR) is 115 cm³/mol. The van der Waals surface area contributed by atoms with E-state index in [0.717, 1.165) is 34.2 Å². The molecular weight excluding hydrogens is 396 g/mol. The first-order chi connectivity index (χ1) is 15.0. The van der Waals surface area contributed by atoms with Gasteiger partial charge in [-0.1, -0.05) is 49.2 Å². The molecule has 0 bridgehead atoms. The summed E-state index contributed by atoms with van der Waals surface area (Å²) in [4.78, 5) is 52.7. The molecule has 31 heavy (non-hydrogen) atoms. The summed E-state index contributed by atoms with van der Waals surface area (Å²) < 4.78 is 5.16. The molecule has 3 amide bonds. The molecule has 0 spiro atoms. The van der Waals surface area contributed by atoms with Crippen LogP contribution in [-0.2, 0) is 23.9 Å². The van der Waals surface area contributed by atoms with E-state index in [2.05, 4.69) is 0 Å². The summed E-state index contributed by atoms with van der Waals surface area (Å²) in [6.07, 6.45) is 3.23. The van der Waals surface area contributed by atoms with Gasteiger partial charge < -0.3 is 9.64 Å². The van der Waals surface area contributed by atoms with Crippen molar-refractivity contribution in [2.75, 3.05) is 24.6 Å². The highest BCUT2D eigenvalue weighted by molar-refractivity contribution is 6.07. The van der Waals surface area contributed by atoms with Gasteiger partial charge in [0.05, 0.1) is 17.5 Å². The van der Waals surface area contributed by atoms with Crippen molar-refractivity contribution in [3.8, 4) is 0 Å². The van der Waals surface area contributed by atoms with E-state index in [1.807, 2.05) is 49.4 Å². The summed E-state index contributed by atoms with van der Waals surface area (Å²) in [5, 5.41) is 1.94. The Kier molecular flexibility index (Phi) is 6.02. The summed E-state index contributed by atoms with van der Waals surface area (Å²) in [7, 11) is 0. The van der Waals surface area contributed by atoms with Crippen molar-refractivity contribution in [3.05, 3.63) is 42.5 Å². The number of likely N-dealkylation sites (tertiary alicyclic amines) is 1. The molecule has 162 valence electrons. The smallest absolute Gasteiger partial charge is 0.326 e. The summed E-state index contributed by atoms with van der Waals surface area (Å²) in [6.45, 7) is 1.39. The first kappa shape index (κ1) is 21.0. The van der Waals surface area contributed by atoms with Crippen LogP contribution in [0.1, 0.15) is 32.6 Å². The van der Waals surface area contributed by atoms with Gasteiger partial charge in [-0.2, -0.15) is 0 Å². The number of carbonyl (C=O) groups excluding carboxylic acids is 4. The van der Waals surface area contributed by atoms with E-state index in [1.165, 1.54) is 0 Å². The Morgan fingerprint density at radius 1 is 1.00 bits per heavy atom. The van der Waals surface area contributed by atoms with Crippen LogP contribution in [0.5, 0.6) is 0 Å². The van der Waals surface area contributed by atoms with Gasteiger partial charge >= 0.3 is 5.97 Å². The standard InChI is InChI=1S/C24H26N2O5/c1-2-25(20-13-7-9-16-8-3-4-10-17(16)20)21(27)15-31-22(28)14-26-23(29)18-11-5-6-12-19(18)24(26)30/h3-4,7-10,13,18-19H,2,5-6,11-12,14-15H2,1H3. The van der Waals surface area contributed by atoms with Gasteiger partial charge in [0, 0.05) is 11.9 Å². The van der Waals surface area contributed by atoms with Crippen LogP contribution in [-0.4, -0.2) is 48.3 Å². The van der Waals surface area contributed by atoms with E-state index in [0.29, 0.717) is 19.4 Å². The highest BCUT2D eigenvalue weighted by atomic mass is 16.5. The third-order valence-corrected chi connectivity index (χ3v) is 6.25. The van der Waals surface area contributed by atoms with Crippen LogP contribution in [0.25, 0.3) is 10.8 Å². The number of rotatable bonds is 6. The zero-order valence-corrected chi connectivity index (χ0v) is 17.6. The van der Waals surface area contributed by atoms with Crippen LogP contribution in [0.3, 0.4) is 0 Å². The highest BCUT2D eigenvalue weighted by Crippen LogP contribution is 2.37. The molecule has 0 aromatic heterocycles. The number of esters is 1. The molecular formula is C24H26N2O5. The quantitative estimate of drug-likeness (QED) is 0.528. The number of anilines is 1. The topological polar surface area (TPSA) is 84.0 Å². The summed E-state index contributed by atoms with van der Waals surface area (Å²) in [6, 6.07) is 13.5. The van der Waals surface area contributed by atoms with E-state index in [4.69, 9.17) is 4.74 Å². The van der Waals surface area contributed by atoms with Crippen molar-refractivity contribution in [3.63, 3.8) is 0 Å². The zero-order valence-electron chi connectivity index (χ0n) is 17.6. The van der Waals surface area contributed by atoms with Gasteiger partial charge in [-0.3, -0.25) is 24.1 Å². The summed E-state index contributed by atoms with van der Waals surface area (Å²) in [5.41, 5.74) is 0.746. The number of hydrogen-bond acceptors (Lipinski definition) is 5. The fraction of sp³-hybridized carbons (Fsp3) is 0.417. The Balaban J connectivity index is 1.39. The third kappa shape index (κ3) is 4.04. The molecule has 2 aromatic carbocycles. The number of amides is 3. The minimum absolute atomic E-state index is 0.288. The van der Waals surface area contributed by atoms with E-state index in [9.17, 15) is 19.2 Å². The summed E-state index contributed by atoms with van der Waals surface area (Å²) >= 11 is 0. The maximum Gasteiger partial charge on any atom is 0.326 e. The lowest BCUT2D eigenvalue weighted by atomic mass is 9.81. The van der Waals surface area contributed by atoms with Crippen LogP contribution >= 0.6 is 0 Å². The van der Waals surface area contributed by atoms with E-state index in [1.54, 1.807) is 4.90 Å². The SMILES string of the molecule is CCN(C(=O)COC(=O)CN1C(=O)C2CCCCC2C1=O)c1cccc2ccccc12. The number of likely N-dealkylation sites (N-methyl/N-ethyl adjacent to an activating group) is 1. The highest BCUT2D eigenvalue weighted by Gasteiger charge is 2.48. The van der Waals surface area contributed by atoms with Crippen LogP contribution < -0.4 is 4.90 Å². The fourth-order valence-electron chi connectivity index (χ4n) is 4.71. The number of hydrogen-bond donors (Lipinski definition) is 0. The molecule has 2 aromatic rings. The van der Waals surface area contributed by atoms with E-state index in [-0.39, 0.29) is 29.6 Å². The Morgan fingerprint density at radius 3 is 2.32 bits per heavy atom. The van der Waals surface area contributed by atoms with Gasteiger partial charge in [0.1, 0.15) is 6.54 Å². The average molecular weight is 422 g/mol. The van der Waals surface area contributed by atoms with Gasteiger partial charge in [-0.15, -0.1) is 0 Å². The number of benzene rings is 2. The number of carbonyl (C=O) groups is 4. The zero-order chi connectivity index (χ0) is 22.0. The van der Waals surface area contributed by atoms with Gasteiger partial charge in [-0.25, -0.2) is 0 Å². The Hall–Kier alpha value is -3.22. The molecule has 1 heterocycles. The molecule has 1 aliphatic carbocycles. The van der Waals surface area contributed by atoms with Crippen molar-refractivity contribution >= 4 is 40.2 Å². The van der Waals surface area contributed by atoms with Crippen molar-refractivity contribution in [1.82, 2.24) is 4.90 Å². The number of fused-ring (bicyclic) bond motifs is 2. The molecule has 2 aliphatic rings. The second-order valence-electron chi connectivity index (χ2n) is 8.06. The van der Waals surface area contributed by atoms with E-state index >= 15 is 0 Å². The van der Waals surface area contributed by atoms with Crippen LogP contribution in [0.15, 0.2) is 42.5 Å². The number of ether oxygens (including phenoxy) is 1. The molecule has 2 fully saturated rings. The van der Waals surface area contributed by atoms with Crippen LogP contribution in [0.4, 0.5) is 5.69 Å². The molecule has 2 atom stereocenters. The van der Waals surface area contributed by atoms with Crippen LogP contribution in [0, 0.1) is 11.8 Å². The molecule has 1 saturated heterocycles. The number of imide groups is 1. The molecule has 0 N–H and O–H groups in total. The lowest BCUT2D eigenvalue weighted by Gasteiger charge is -2.23. The first-order valence-electron chi connectivity index (χ1n) is 10.8. The second-order valence-corrected chi connectivity index (χ2v) is 8.06. The third-order valence-electron chi connectivity index (χ3n) is 6.25.